The lowest BCUT2D eigenvalue weighted by atomic mass is 10.2. The Balaban J connectivity index is 3.05. The molecule has 0 aliphatic rings. The highest BCUT2D eigenvalue weighted by atomic mass is 32.2. The van der Waals surface area contributed by atoms with Gasteiger partial charge in [0.05, 0.1) is 20.0 Å². The highest BCUT2D eigenvalue weighted by Gasteiger charge is 2.33. The molecule has 0 aliphatic carbocycles. The second-order valence-electron chi connectivity index (χ2n) is 3.37. The lowest BCUT2D eigenvalue weighted by molar-refractivity contribution is -0.141. The first-order chi connectivity index (χ1) is 8.12. The zero-order valence-electron chi connectivity index (χ0n) is 9.48. The summed E-state index contributed by atoms with van der Waals surface area (Å²) in [6.07, 6.45) is -3.84. The van der Waals surface area contributed by atoms with Crippen LogP contribution in [0.25, 0.3) is 0 Å². The molecule has 0 spiro atoms. The van der Waals surface area contributed by atoms with Crippen LogP contribution < -0.4 is 4.74 Å². The van der Waals surface area contributed by atoms with Crippen molar-refractivity contribution in [2.75, 3.05) is 13.4 Å². The standard InChI is InChI=1S/C9H10F3NO4S/c1-16-8-4-6(5-17-18(2,14)15)3-7(13-8)9(10,11)12/h3-4H,5H2,1-2H3. The summed E-state index contributed by atoms with van der Waals surface area (Å²) in [6, 6.07) is 1.87. The summed E-state index contributed by atoms with van der Waals surface area (Å²) in [7, 11) is -2.58. The van der Waals surface area contributed by atoms with Crippen molar-refractivity contribution >= 4 is 10.1 Å². The molecule has 0 saturated carbocycles. The summed E-state index contributed by atoms with van der Waals surface area (Å²) in [4.78, 5) is 3.22. The Hall–Kier alpha value is -1.35. The van der Waals surface area contributed by atoms with Gasteiger partial charge in [-0.05, 0) is 11.6 Å². The van der Waals surface area contributed by atoms with Crippen LogP contribution in [0.15, 0.2) is 12.1 Å². The van der Waals surface area contributed by atoms with Crippen molar-refractivity contribution in [3.8, 4) is 5.88 Å². The summed E-state index contributed by atoms with van der Waals surface area (Å²) in [5.41, 5.74) is -1.17. The Bertz CT molecular complexity index is 527. The molecule has 0 aromatic carbocycles. The van der Waals surface area contributed by atoms with Crippen LogP contribution in [0.4, 0.5) is 13.2 Å². The largest absolute Gasteiger partial charge is 0.481 e. The van der Waals surface area contributed by atoms with Gasteiger partial charge in [0.25, 0.3) is 10.1 Å². The van der Waals surface area contributed by atoms with Gasteiger partial charge < -0.3 is 4.74 Å². The predicted molar refractivity (Wildman–Crippen MR) is 55.4 cm³/mol. The molecule has 9 heteroatoms. The third kappa shape index (κ3) is 4.49. The van der Waals surface area contributed by atoms with Crippen LogP contribution in [0.3, 0.4) is 0 Å². The Morgan fingerprint density at radius 2 is 1.94 bits per heavy atom. The lowest BCUT2D eigenvalue weighted by Crippen LogP contribution is -2.10. The Labute approximate surface area is 102 Å². The number of pyridine rings is 1. The number of methoxy groups -OCH3 is 1. The van der Waals surface area contributed by atoms with E-state index >= 15 is 0 Å². The van der Waals surface area contributed by atoms with Gasteiger partial charge in [-0.2, -0.15) is 21.6 Å². The number of alkyl halides is 3. The lowest BCUT2D eigenvalue weighted by Gasteiger charge is -2.10. The van der Waals surface area contributed by atoms with Crippen LogP contribution in [-0.2, 0) is 27.1 Å². The van der Waals surface area contributed by atoms with E-state index in [9.17, 15) is 21.6 Å². The molecule has 1 aromatic rings. The Kier molecular flexibility index (Phi) is 4.17. The monoisotopic (exact) mass is 285 g/mol. The molecule has 0 atom stereocenters. The van der Waals surface area contributed by atoms with Crippen LogP contribution in [0.2, 0.25) is 0 Å². The molecule has 0 unspecified atom stereocenters. The van der Waals surface area contributed by atoms with Crippen LogP contribution in [0.5, 0.6) is 5.88 Å². The minimum atomic E-state index is -4.64. The van der Waals surface area contributed by atoms with Crippen molar-refractivity contribution < 1.29 is 30.5 Å². The topological polar surface area (TPSA) is 65.5 Å². The molecule has 5 nitrogen and oxygen atoms in total. The van der Waals surface area contributed by atoms with Gasteiger partial charge in [0.15, 0.2) is 0 Å². The first-order valence-electron chi connectivity index (χ1n) is 4.58. The van der Waals surface area contributed by atoms with Gasteiger partial charge in [0.1, 0.15) is 5.69 Å². The number of ether oxygens (including phenoxy) is 1. The van der Waals surface area contributed by atoms with Crippen molar-refractivity contribution in [2.24, 2.45) is 0 Å². The summed E-state index contributed by atoms with van der Waals surface area (Å²) < 4.78 is 68.0. The number of rotatable bonds is 4. The molecule has 0 aliphatic heterocycles. The summed E-state index contributed by atoms with van der Waals surface area (Å²) in [5, 5.41) is 0. The molecule has 1 rings (SSSR count). The smallest absolute Gasteiger partial charge is 0.433 e. The van der Waals surface area contributed by atoms with Crippen molar-refractivity contribution in [3.63, 3.8) is 0 Å². The molecular weight excluding hydrogens is 275 g/mol. The van der Waals surface area contributed by atoms with E-state index in [0.717, 1.165) is 13.4 Å². The van der Waals surface area contributed by atoms with Gasteiger partial charge in [-0.3, -0.25) is 4.18 Å². The first-order valence-corrected chi connectivity index (χ1v) is 6.40. The number of nitrogens with zero attached hydrogens (tertiary/aromatic N) is 1. The first kappa shape index (κ1) is 14.7. The summed E-state index contributed by atoms with van der Waals surface area (Å²) in [5.74, 6) is -0.267. The minimum Gasteiger partial charge on any atom is -0.481 e. The van der Waals surface area contributed by atoms with Crippen molar-refractivity contribution in [2.45, 2.75) is 12.8 Å². The Morgan fingerprint density at radius 3 is 2.39 bits per heavy atom. The molecule has 1 aromatic heterocycles. The summed E-state index contributed by atoms with van der Waals surface area (Å²) in [6.45, 7) is -0.513. The van der Waals surface area contributed by atoms with Crippen molar-refractivity contribution in [3.05, 3.63) is 23.4 Å². The molecule has 0 radical (unpaired) electrons. The number of hydrogen-bond acceptors (Lipinski definition) is 5. The molecule has 0 N–H and O–H groups in total. The fraction of sp³-hybridized carbons (Fsp3) is 0.444. The second kappa shape index (κ2) is 5.11. The minimum absolute atomic E-state index is 0.000370. The SMILES string of the molecule is COc1cc(COS(C)(=O)=O)cc(C(F)(F)F)n1. The summed E-state index contributed by atoms with van der Waals surface area (Å²) >= 11 is 0. The maximum absolute atomic E-state index is 12.5. The molecule has 0 fully saturated rings. The van der Waals surface area contributed by atoms with Crippen LogP contribution in [-0.4, -0.2) is 26.8 Å². The van der Waals surface area contributed by atoms with E-state index in [2.05, 4.69) is 13.9 Å². The molecule has 0 amide bonds. The van der Waals surface area contributed by atoms with E-state index < -0.39 is 28.6 Å². The van der Waals surface area contributed by atoms with Gasteiger partial charge in [-0.15, -0.1) is 0 Å². The molecular formula is C9H10F3NO4S. The van der Waals surface area contributed by atoms with E-state index in [-0.39, 0.29) is 11.4 Å². The third-order valence-corrected chi connectivity index (χ3v) is 2.35. The zero-order chi connectivity index (χ0) is 14.0. The Morgan fingerprint density at radius 1 is 1.33 bits per heavy atom. The van der Waals surface area contributed by atoms with E-state index in [1.165, 1.54) is 6.07 Å². The van der Waals surface area contributed by atoms with Gasteiger partial charge in [0.2, 0.25) is 5.88 Å². The molecule has 102 valence electrons. The number of halogens is 3. The molecule has 0 bridgehead atoms. The fourth-order valence-electron chi connectivity index (χ4n) is 1.07. The van der Waals surface area contributed by atoms with E-state index in [1.54, 1.807) is 0 Å². The van der Waals surface area contributed by atoms with Gasteiger partial charge in [0, 0.05) is 6.07 Å². The van der Waals surface area contributed by atoms with E-state index in [1.807, 2.05) is 0 Å². The van der Waals surface area contributed by atoms with Gasteiger partial charge >= 0.3 is 6.18 Å². The predicted octanol–water partition coefficient (Wildman–Crippen LogP) is 1.59. The maximum atomic E-state index is 12.5. The third-order valence-electron chi connectivity index (χ3n) is 1.80. The van der Waals surface area contributed by atoms with Gasteiger partial charge in [-0.25, -0.2) is 4.98 Å². The highest BCUT2D eigenvalue weighted by molar-refractivity contribution is 7.85. The van der Waals surface area contributed by atoms with Crippen LogP contribution >= 0.6 is 0 Å². The van der Waals surface area contributed by atoms with E-state index in [4.69, 9.17) is 0 Å². The van der Waals surface area contributed by atoms with E-state index in [0.29, 0.717) is 6.07 Å². The average molecular weight is 285 g/mol. The number of aromatic nitrogens is 1. The molecule has 18 heavy (non-hydrogen) atoms. The molecule has 1 heterocycles. The average Bonchev–Trinajstić information content (AvgIpc) is 2.24. The van der Waals surface area contributed by atoms with Crippen molar-refractivity contribution in [1.82, 2.24) is 4.98 Å². The number of hydrogen-bond donors (Lipinski definition) is 0. The quantitative estimate of drug-likeness (QED) is 0.786. The van der Waals surface area contributed by atoms with Crippen LogP contribution in [0.1, 0.15) is 11.3 Å². The maximum Gasteiger partial charge on any atom is 0.433 e. The highest BCUT2D eigenvalue weighted by Crippen LogP contribution is 2.30. The van der Waals surface area contributed by atoms with Gasteiger partial charge in [-0.1, -0.05) is 0 Å². The normalized spacial score (nSPS) is 12.5. The zero-order valence-corrected chi connectivity index (χ0v) is 10.3. The molecule has 0 saturated heterocycles. The second-order valence-corrected chi connectivity index (χ2v) is 5.01. The van der Waals surface area contributed by atoms with Crippen LogP contribution in [0, 0.1) is 0 Å². The fourth-order valence-corrected chi connectivity index (χ4v) is 1.42. The van der Waals surface area contributed by atoms with Crippen molar-refractivity contribution in [1.29, 1.82) is 0 Å².